The molecule has 0 amide bonds. The zero-order valence-electron chi connectivity index (χ0n) is 12.0. The maximum Gasteiger partial charge on any atom is 0.192 e. The molecule has 1 aromatic carbocycles. The minimum atomic E-state index is -0.270. The summed E-state index contributed by atoms with van der Waals surface area (Å²) in [5.74, 6) is 0.584. The molecule has 0 fully saturated rings. The first-order valence-electron chi connectivity index (χ1n) is 6.52. The Morgan fingerprint density at radius 2 is 2.05 bits per heavy atom. The third kappa shape index (κ3) is 2.87. The molecule has 20 heavy (non-hydrogen) atoms. The molecular formula is C14H20Cl2N4. The number of nitrogens with two attached hydrogens (primary N) is 1. The van der Waals surface area contributed by atoms with Crippen LogP contribution in [0.4, 0.5) is 0 Å². The lowest BCUT2D eigenvalue weighted by molar-refractivity contribution is 0.205. The van der Waals surface area contributed by atoms with Crippen LogP contribution in [0.5, 0.6) is 0 Å². The van der Waals surface area contributed by atoms with Crippen molar-refractivity contribution in [3.05, 3.63) is 33.8 Å². The molecule has 2 rings (SSSR count). The van der Waals surface area contributed by atoms with Crippen LogP contribution in [0, 0.1) is 0 Å². The maximum atomic E-state index is 6.14. The van der Waals surface area contributed by atoms with E-state index in [4.69, 9.17) is 28.9 Å². The van der Waals surface area contributed by atoms with E-state index >= 15 is 0 Å². The van der Waals surface area contributed by atoms with Gasteiger partial charge in [0.2, 0.25) is 0 Å². The molecule has 0 bridgehead atoms. The second-order valence-electron chi connectivity index (χ2n) is 5.53. The maximum absolute atomic E-state index is 6.14. The molecule has 0 spiro atoms. The van der Waals surface area contributed by atoms with Crippen molar-refractivity contribution in [2.24, 2.45) is 10.7 Å². The molecule has 1 aromatic rings. The van der Waals surface area contributed by atoms with E-state index in [1.807, 2.05) is 32.3 Å². The Morgan fingerprint density at radius 1 is 1.35 bits per heavy atom. The van der Waals surface area contributed by atoms with Gasteiger partial charge < -0.3 is 15.5 Å². The largest absolute Gasteiger partial charge is 0.370 e. The zero-order valence-corrected chi connectivity index (χ0v) is 13.5. The van der Waals surface area contributed by atoms with Crippen molar-refractivity contribution in [2.45, 2.75) is 12.5 Å². The summed E-state index contributed by atoms with van der Waals surface area (Å²) in [5, 5.41) is 1.12. The predicted molar refractivity (Wildman–Crippen MR) is 85.6 cm³/mol. The second-order valence-corrected chi connectivity index (χ2v) is 6.35. The summed E-state index contributed by atoms with van der Waals surface area (Å²) in [6.07, 6.45) is 0. The van der Waals surface area contributed by atoms with Crippen molar-refractivity contribution in [2.75, 3.05) is 33.7 Å². The summed E-state index contributed by atoms with van der Waals surface area (Å²) < 4.78 is 0. The van der Waals surface area contributed by atoms with Gasteiger partial charge in [-0.15, -0.1) is 0 Å². The number of halogens is 2. The summed E-state index contributed by atoms with van der Waals surface area (Å²) >= 11 is 12.1. The van der Waals surface area contributed by atoms with Gasteiger partial charge in [-0.25, -0.2) is 0 Å². The molecule has 0 saturated carbocycles. The SMILES string of the molecule is CN(C)CCN1C(N)=NCC1(C)c1ccc(Cl)c(Cl)c1. The third-order valence-electron chi connectivity index (χ3n) is 3.73. The highest BCUT2D eigenvalue weighted by Crippen LogP contribution is 2.35. The van der Waals surface area contributed by atoms with Crippen molar-refractivity contribution in [3.63, 3.8) is 0 Å². The molecule has 4 nitrogen and oxygen atoms in total. The van der Waals surface area contributed by atoms with E-state index in [9.17, 15) is 0 Å². The lowest BCUT2D eigenvalue weighted by Crippen LogP contribution is -2.49. The Kier molecular flexibility index (Phi) is 4.47. The first-order chi connectivity index (χ1) is 9.34. The average Bonchev–Trinajstić information content (AvgIpc) is 2.67. The molecule has 0 aliphatic carbocycles. The number of likely N-dealkylation sites (N-methyl/N-ethyl adjacent to an activating group) is 1. The second kappa shape index (κ2) is 5.80. The van der Waals surface area contributed by atoms with Gasteiger partial charge in [0.05, 0.1) is 22.1 Å². The molecule has 2 N–H and O–H groups in total. The summed E-state index contributed by atoms with van der Waals surface area (Å²) in [4.78, 5) is 8.66. The summed E-state index contributed by atoms with van der Waals surface area (Å²) in [6.45, 7) is 4.49. The molecule has 110 valence electrons. The van der Waals surface area contributed by atoms with E-state index in [2.05, 4.69) is 21.7 Å². The van der Waals surface area contributed by atoms with Crippen LogP contribution in [0.2, 0.25) is 10.0 Å². The van der Waals surface area contributed by atoms with E-state index < -0.39 is 0 Å². The van der Waals surface area contributed by atoms with Crippen LogP contribution in [-0.4, -0.2) is 49.5 Å². The van der Waals surface area contributed by atoms with Crippen LogP contribution in [-0.2, 0) is 5.54 Å². The van der Waals surface area contributed by atoms with Crippen LogP contribution in [0.25, 0.3) is 0 Å². The van der Waals surface area contributed by atoms with Crippen molar-refractivity contribution in [1.29, 1.82) is 0 Å². The van der Waals surface area contributed by atoms with Gasteiger partial charge >= 0.3 is 0 Å². The molecule has 1 unspecified atom stereocenters. The fraction of sp³-hybridized carbons (Fsp3) is 0.500. The Hall–Kier alpha value is -0.970. The normalized spacial score (nSPS) is 22.5. The van der Waals surface area contributed by atoms with Gasteiger partial charge in [-0.1, -0.05) is 29.3 Å². The van der Waals surface area contributed by atoms with Gasteiger partial charge in [-0.2, -0.15) is 0 Å². The van der Waals surface area contributed by atoms with Gasteiger partial charge in [0.1, 0.15) is 0 Å². The number of benzene rings is 1. The highest BCUT2D eigenvalue weighted by Gasteiger charge is 2.39. The highest BCUT2D eigenvalue weighted by molar-refractivity contribution is 6.42. The quantitative estimate of drug-likeness (QED) is 0.928. The van der Waals surface area contributed by atoms with E-state index in [-0.39, 0.29) is 5.54 Å². The number of nitrogens with zero attached hydrogens (tertiary/aromatic N) is 3. The van der Waals surface area contributed by atoms with E-state index in [1.165, 1.54) is 0 Å². The Bertz CT molecular complexity index is 530. The first-order valence-corrected chi connectivity index (χ1v) is 7.28. The summed E-state index contributed by atoms with van der Waals surface area (Å²) in [7, 11) is 4.08. The van der Waals surface area contributed by atoms with Gasteiger partial charge in [-0.05, 0) is 38.7 Å². The minimum Gasteiger partial charge on any atom is -0.370 e. The molecule has 1 atom stereocenters. The molecule has 0 aromatic heterocycles. The summed E-state index contributed by atoms with van der Waals surface area (Å²) in [6, 6.07) is 5.72. The van der Waals surface area contributed by atoms with E-state index in [0.717, 1.165) is 18.7 Å². The van der Waals surface area contributed by atoms with Crippen molar-refractivity contribution < 1.29 is 0 Å². The Morgan fingerprint density at radius 3 is 2.65 bits per heavy atom. The number of hydrogen-bond donors (Lipinski definition) is 1. The number of rotatable bonds is 4. The number of aliphatic imine (C=N–C) groups is 1. The molecule has 0 saturated heterocycles. The van der Waals surface area contributed by atoms with Crippen LogP contribution in [0.3, 0.4) is 0 Å². The summed E-state index contributed by atoms with van der Waals surface area (Å²) in [5.41, 5.74) is 6.85. The molecule has 1 heterocycles. The molecule has 6 heteroatoms. The standard InChI is InChI=1S/C14H20Cl2N4/c1-14(10-4-5-11(15)12(16)8-10)9-18-13(17)20(14)7-6-19(2)3/h4-5,8H,6-7,9H2,1-3H3,(H2,17,18). The predicted octanol–water partition coefficient (Wildman–Crippen LogP) is 2.40. The Labute approximate surface area is 130 Å². The average molecular weight is 315 g/mol. The molecule has 0 radical (unpaired) electrons. The van der Waals surface area contributed by atoms with Crippen LogP contribution in [0.1, 0.15) is 12.5 Å². The van der Waals surface area contributed by atoms with Gasteiger partial charge in [0.25, 0.3) is 0 Å². The first kappa shape index (κ1) is 15.4. The molecular weight excluding hydrogens is 295 g/mol. The van der Waals surface area contributed by atoms with Crippen LogP contribution < -0.4 is 5.73 Å². The van der Waals surface area contributed by atoms with Gasteiger partial charge in [-0.3, -0.25) is 4.99 Å². The number of hydrogen-bond acceptors (Lipinski definition) is 4. The molecule has 1 aliphatic rings. The lowest BCUT2D eigenvalue weighted by Gasteiger charge is -2.37. The zero-order chi connectivity index (χ0) is 14.9. The topological polar surface area (TPSA) is 44.9 Å². The smallest absolute Gasteiger partial charge is 0.192 e. The van der Waals surface area contributed by atoms with E-state index in [0.29, 0.717) is 22.5 Å². The fourth-order valence-electron chi connectivity index (χ4n) is 2.40. The highest BCUT2D eigenvalue weighted by atomic mass is 35.5. The van der Waals surface area contributed by atoms with Gasteiger partial charge in [0, 0.05) is 13.1 Å². The third-order valence-corrected chi connectivity index (χ3v) is 4.47. The van der Waals surface area contributed by atoms with Crippen LogP contribution in [0.15, 0.2) is 23.2 Å². The van der Waals surface area contributed by atoms with Crippen molar-refractivity contribution >= 4 is 29.2 Å². The fourth-order valence-corrected chi connectivity index (χ4v) is 2.70. The lowest BCUT2D eigenvalue weighted by atomic mass is 9.91. The van der Waals surface area contributed by atoms with Crippen molar-refractivity contribution in [3.8, 4) is 0 Å². The van der Waals surface area contributed by atoms with E-state index in [1.54, 1.807) is 0 Å². The van der Waals surface area contributed by atoms with Gasteiger partial charge in [0.15, 0.2) is 5.96 Å². The molecule has 1 aliphatic heterocycles. The van der Waals surface area contributed by atoms with Crippen LogP contribution >= 0.6 is 23.2 Å². The minimum absolute atomic E-state index is 0.270. The number of guanidine groups is 1. The monoisotopic (exact) mass is 314 g/mol. The van der Waals surface area contributed by atoms with Crippen molar-refractivity contribution in [1.82, 2.24) is 9.80 Å². The Balaban J connectivity index is 2.29.